The van der Waals surface area contributed by atoms with Gasteiger partial charge in [-0.15, -0.1) is 0 Å². The first kappa shape index (κ1) is 14.8. The van der Waals surface area contributed by atoms with Crippen molar-refractivity contribution < 1.29 is 0 Å². The Labute approximate surface area is 122 Å². The molecule has 0 aliphatic carbocycles. The molecule has 0 heterocycles. The molecule has 2 nitrogen and oxygen atoms in total. The first-order valence-corrected chi connectivity index (χ1v) is 7.12. The van der Waals surface area contributed by atoms with Crippen LogP contribution in [0.25, 0.3) is 0 Å². The maximum Gasteiger partial charge on any atom is 0.0470 e. The van der Waals surface area contributed by atoms with Crippen molar-refractivity contribution in [3.8, 4) is 0 Å². The van der Waals surface area contributed by atoms with Crippen LogP contribution in [-0.4, -0.2) is 18.5 Å². The molecule has 0 aliphatic heterocycles. The number of nitrogens with two attached hydrogens (primary N) is 1. The number of benzene rings is 2. The van der Waals surface area contributed by atoms with E-state index in [9.17, 15) is 0 Å². The third-order valence-electron chi connectivity index (χ3n) is 3.73. The summed E-state index contributed by atoms with van der Waals surface area (Å²) in [5.74, 6) is 0. The van der Waals surface area contributed by atoms with E-state index < -0.39 is 0 Å². The average molecular weight is 268 g/mol. The van der Waals surface area contributed by atoms with E-state index in [1.54, 1.807) is 0 Å². The third-order valence-corrected chi connectivity index (χ3v) is 3.73. The largest absolute Gasteiger partial charge is 0.329 e. The molecule has 0 aliphatic rings. The molecular formula is C18H24N2. The van der Waals surface area contributed by atoms with E-state index in [4.69, 9.17) is 5.73 Å². The lowest BCUT2D eigenvalue weighted by Gasteiger charge is -2.27. The number of hydrogen-bond donors (Lipinski definition) is 1. The molecule has 1 unspecified atom stereocenters. The van der Waals surface area contributed by atoms with Gasteiger partial charge < -0.3 is 5.73 Å². The lowest BCUT2D eigenvalue weighted by atomic mass is 10.0. The number of rotatable bonds is 5. The van der Waals surface area contributed by atoms with Gasteiger partial charge in [0.2, 0.25) is 0 Å². The molecule has 0 radical (unpaired) electrons. The van der Waals surface area contributed by atoms with Gasteiger partial charge in [0, 0.05) is 19.1 Å². The lowest BCUT2D eigenvalue weighted by Crippen LogP contribution is -2.30. The molecule has 0 bridgehead atoms. The number of nitrogens with zero attached hydrogens (tertiary/aromatic N) is 1. The first-order valence-electron chi connectivity index (χ1n) is 7.12. The zero-order valence-electron chi connectivity index (χ0n) is 12.6. The highest BCUT2D eigenvalue weighted by Gasteiger charge is 2.15. The predicted octanol–water partition coefficient (Wildman–Crippen LogP) is 3.44. The van der Waals surface area contributed by atoms with E-state index in [-0.39, 0.29) is 6.04 Å². The Bertz CT molecular complexity index is 546. The molecule has 2 aromatic rings. The van der Waals surface area contributed by atoms with Gasteiger partial charge in [-0.05, 0) is 32.0 Å². The highest BCUT2D eigenvalue weighted by atomic mass is 15.1. The van der Waals surface area contributed by atoms with Crippen molar-refractivity contribution in [2.75, 3.05) is 13.6 Å². The monoisotopic (exact) mass is 268 g/mol. The average Bonchev–Trinajstić information content (AvgIpc) is 2.42. The summed E-state index contributed by atoms with van der Waals surface area (Å²) < 4.78 is 0. The molecular weight excluding hydrogens is 244 g/mol. The minimum Gasteiger partial charge on any atom is -0.329 e. The van der Waals surface area contributed by atoms with Gasteiger partial charge in [0.25, 0.3) is 0 Å². The number of likely N-dealkylation sites (N-methyl/N-ethyl adjacent to an activating group) is 1. The van der Waals surface area contributed by atoms with Crippen LogP contribution >= 0.6 is 0 Å². The van der Waals surface area contributed by atoms with Crippen molar-refractivity contribution in [2.24, 2.45) is 5.73 Å². The zero-order valence-corrected chi connectivity index (χ0v) is 12.6. The van der Waals surface area contributed by atoms with Gasteiger partial charge >= 0.3 is 0 Å². The molecule has 2 heteroatoms. The summed E-state index contributed by atoms with van der Waals surface area (Å²) in [4.78, 5) is 2.32. The van der Waals surface area contributed by atoms with Gasteiger partial charge in [-0.1, -0.05) is 59.7 Å². The van der Waals surface area contributed by atoms with Crippen LogP contribution in [0.5, 0.6) is 0 Å². The second kappa shape index (κ2) is 6.69. The van der Waals surface area contributed by atoms with E-state index in [1.165, 1.54) is 22.3 Å². The maximum atomic E-state index is 5.99. The summed E-state index contributed by atoms with van der Waals surface area (Å²) in [5, 5.41) is 0. The minimum atomic E-state index is 0.260. The standard InChI is InChI=1S/C18H24N2/c1-14-7-9-17(10-8-14)18(12-19)20(3)13-16-6-4-5-15(2)11-16/h4-11,18H,12-13,19H2,1-3H3. The van der Waals surface area contributed by atoms with Crippen LogP contribution in [0.3, 0.4) is 0 Å². The van der Waals surface area contributed by atoms with E-state index in [1.807, 2.05) is 0 Å². The summed E-state index contributed by atoms with van der Waals surface area (Å²) in [7, 11) is 2.14. The lowest BCUT2D eigenvalue weighted by molar-refractivity contribution is 0.242. The highest BCUT2D eigenvalue weighted by molar-refractivity contribution is 5.26. The van der Waals surface area contributed by atoms with Gasteiger partial charge in [0.15, 0.2) is 0 Å². The Morgan fingerprint density at radius 3 is 2.30 bits per heavy atom. The van der Waals surface area contributed by atoms with Gasteiger partial charge in [-0.2, -0.15) is 0 Å². The molecule has 2 rings (SSSR count). The van der Waals surface area contributed by atoms with Gasteiger partial charge in [-0.25, -0.2) is 0 Å². The molecule has 1 atom stereocenters. The fourth-order valence-corrected chi connectivity index (χ4v) is 2.57. The summed E-state index contributed by atoms with van der Waals surface area (Å²) in [6, 6.07) is 17.6. The fourth-order valence-electron chi connectivity index (χ4n) is 2.57. The summed E-state index contributed by atoms with van der Waals surface area (Å²) in [6.45, 7) is 5.78. The molecule has 0 aromatic heterocycles. The molecule has 0 spiro atoms. The van der Waals surface area contributed by atoms with E-state index in [0.717, 1.165) is 6.54 Å². The topological polar surface area (TPSA) is 29.3 Å². The Morgan fingerprint density at radius 2 is 1.70 bits per heavy atom. The molecule has 2 N–H and O–H groups in total. The summed E-state index contributed by atoms with van der Waals surface area (Å²) >= 11 is 0. The quantitative estimate of drug-likeness (QED) is 0.900. The normalized spacial score (nSPS) is 12.7. The third kappa shape index (κ3) is 3.69. The van der Waals surface area contributed by atoms with Crippen molar-refractivity contribution >= 4 is 0 Å². The second-order valence-corrected chi connectivity index (χ2v) is 5.57. The molecule has 0 fully saturated rings. The van der Waals surface area contributed by atoms with Crippen LogP contribution in [0.1, 0.15) is 28.3 Å². The summed E-state index contributed by atoms with van der Waals surface area (Å²) in [6.07, 6.45) is 0. The second-order valence-electron chi connectivity index (χ2n) is 5.57. The fraction of sp³-hybridized carbons (Fsp3) is 0.333. The number of hydrogen-bond acceptors (Lipinski definition) is 2. The number of aryl methyl sites for hydroxylation is 2. The molecule has 2 aromatic carbocycles. The van der Waals surface area contributed by atoms with Crippen molar-refractivity contribution in [2.45, 2.75) is 26.4 Å². The van der Waals surface area contributed by atoms with Crippen molar-refractivity contribution in [3.63, 3.8) is 0 Å². The molecule has 0 amide bonds. The summed E-state index contributed by atoms with van der Waals surface area (Å²) in [5.41, 5.74) is 11.2. The maximum absolute atomic E-state index is 5.99. The Balaban J connectivity index is 2.13. The van der Waals surface area contributed by atoms with Crippen LogP contribution in [-0.2, 0) is 6.54 Å². The molecule has 20 heavy (non-hydrogen) atoms. The van der Waals surface area contributed by atoms with Crippen LogP contribution < -0.4 is 5.73 Å². The molecule has 0 saturated heterocycles. The highest BCUT2D eigenvalue weighted by Crippen LogP contribution is 2.21. The van der Waals surface area contributed by atoms with Gasteiger partial charge in [0.05, 0.1) is 0 Å². The van der Waals surface area contributed by atoms with Crippen molar-refractivity contribution in [3.05, 3.63) is 70.8 Å². The van der Waals surface area contributed by atoms with E-state index in [2.05, 4.69) is 74.3 Å². The Kier molecular flexibility index (Phi) is 4.94. The first-order chi connectivity index (χ1) is 9.60. The van der Waals surface area contributed by atoms with Crippen molar-refractivity contribution in [1.82, 2.24) is 4.90 Å². The van der Waals surface area contributed by atoms with Crippen LogP contribution in [0, 0.1) is 13.8 Å². The van der Waals surface area contributed by atoms with E-state index >= 15 is 0 Å². The Morgan fingerprint density at radius 1 is 1.00 bits per heavy atom. The Hall–Kier alpha value is -1.64. The minimum absolute atomic E-state index is 0.260. The van der Waals surface area contributed by atoms with Crippen molar-refractivity contribution in [1.29, 1.82) is 0 Å². The SMILES string of the molecule is Cc1ccc(C(CN)N(C)Cc2cccc(C)c2)cc1. The van der Waals surface area contributed by atoms with Crippen LogP contribution in [0.2, 0.25) is 0 Å². The van der Waals surface area contributed by atoms with Crippen LogP contribution in [0.4, 0.5) is 0 Å². The van der Waals surface area contributed by atoms with E-state index in [0.29, 0.717) is 6.54 Å². The van der Waals surface area contributed by atoms with Crippen LogP contribution in [0.15, 0.2) is 48.5 Å². The van der Waals surface area contributed by atoms with Gasteiger partial charge in [-0.3, -0.25) is 4.90 Å². The smallest absolute Gasteiger partial charge is 0.0470 e. The molecule has 0 saturated carbocycles. The molecule has 106 valence electrons. The predicted molar refractivity (Wildman–Crippen MR) is 85.6 cm³/mol. The zero-order chi connectivity index (χ0) is 14.5. The van der Waals surface area contributed by atoms with Gasteiger partial charge in [0.1, 0.15) is 0 Å².